The summed E-state index contributed by atoms with van der Waals surface area (Å²) in [6.07, 6.45) is 1.52. The summed E-state index contributed by atoms with van der Waals surface area (Å²) in [6, 6.07) is 8.18. The predicted octanol–water partition coefficient (Wildman–Crippen LogP) is 2.93. The summed E-state index contributed by atoms with van der Waals surface area (Å²) in [5.74, 6) is -0.128. The number of nitrogens with zero attached hydrogens (tertiary/aromatic N) is 2. The Bertz CT molecular complexity index is 856. The first-order chi connectivity index (χ1) is 10.5. The number of hydrogen-bond acceptors (Lipinski definition) is 4. The second-order valence-corrected chi connectivity index (χ2v) is 7.03. The molecule has 114 valence electrons. The number of hydrogen-bond donors (Lipinski definition) is 1. The van der Waals surface area contributed by atoms with Crippen LogP contribution < -0.4 is 4.72 Å². The lowest BCUT2D eigenvalue weighted by Gasteiger charge is -2.10. The molecule has 0 spiro atoms. The second kappa shape index (κ2) is 5.90. The number of halogens is 1. The molecular formula is C14H12FN3O2S2. The van der Waals surface area contributed by atoms with Crippen LogP contribution >= 0.6 is 11.3 Å². The zero-order chi connectivity index (χ0) is 15.6. The number of rotatable bonds is 5. The summed E-state index contributed by atoms with van der Waals surface area (Å²) in [5.41, 5.74) is 1.04. The molecule has 0 saturated carbocycles. The van der Waals surface area contributed by atoms with Gasteiger partial charge in [-0.2, -0.15) is 16.4 Å². The van der Waals surface area contributed by atoms with E-state index in [0.29, 0.717) is 12.4 Å². The van der Waals surface area contributed by atoms with Crippen LogP contribution in [0.4, 0.5) is 10.2 Å². The van der Waals surface area contributed by atoms with E-state index in [9.17, 15) is 12.8 Å². The van der Waals surface area contributed by atoms with Gasteiger partial charge in [-0.3, -0.25) is 4.72 Å². The largest absolute Gasteiger partial charge is 0.264 e. The molecule has 2 heterocycles. The molecule has 5 nitrogen and oxygen atoms in total. The van der Waals surface area contributed by atoms with Crippen molar-refractivity contribution < 1.29 is 12.8 Å². The van der Waals surface area contributed by atoms with E-state index < -0.39 is 15.8 Å². The smallest absolute Gasteiger partial charge is 0.263 e. The normalized spacial score (nSPS) is 11.5. The van der Waals surface area contributed by atoms with Crippen LogP contribution in [0.1, 0.15) is 5.56 Å². The molecule has 1 N–H and O–H groups in total. The van der Waals surface area contributed by atoms with Crippen LogP contribution in [0, 0.1) is 5.82 Å². The predicted molar refractivity (Wildman–Crippen MR) is 82.9 cm³/mol. The molecule has 8 heteroatoms. The number of benzene rings is 1. The van der Waals surface area contributed by atoms with Gasteiger partial charge < -0.3 is 0 Å². The molecule has 0 unspecified atom stereocenters. The lowest BCUT2D eigenvalue weighted by Crippen LogP contribution is -2.16. The standard InChI is InChI=1S/C14H12FN3O2S2/c15-12-1-3-13(4-2-12)22(19,20)17-14-5-7-16-18(14)9-11-6-8-21-10-11/h1-8,10,17H,9H2. The topological polar surface area (TPSA) is 64.0 Å². The maximum absolute atomic E-state index is 12.9. The highest BCUT2D eigenvalue weighted by Crippen LogP contribution is 2.17. The minimum atomic E-state index is -3.78. The molecule has 0 radical (unpaired) electrons. The monoisotopic (exact) mass is 337 g/mol. The van der Waals surface area contributed by atoms with Crippen LogP contribution in [0.2, 0.25) is 0 Å². The van der Waals surface area contributed by atoms with E-state index in [-0.39, 0.29) is 4.90 Å². The lowest BCUT2D eigenvalue weighted by atomic mass is 10.3. The van der Waals surface area contributed by atoms with Crippen molar-refractivity contribution in [1.29, 1.82) is 0 Å². The first-order valence-corrected chi connectivity index (χ1v) is 8.78. The van der Waals surface area contributed by atoms with Crippen molar-refractivity contribution in [3.8, 4) is 0 Å². The fourth-order valence-electron chi connectivity index (χ4n) is 1.91. The number of nitrogens with one attached hydrogen (secondary N) is 1. The molecule has 0 amide bonds. The molecule has 3 aromatic rings. The maximum atomic E-state index is 12.9. The van der Waals surface area contributed by atoms with Gasteiger partial charge in [-0.25, -0.2) is 17.5 Å². The Labute approximate surface area is 131 Å². The Balaban J connectivity index is 1.84. The number of thiophene rings is 1. The number of sulfonamides is 1. The number of anilines is 1. The van der Waals surface area contributed by atoms with Crippen LogP contribution in [0.25, 0.3) is 0 Å². The maximum Gasteiger partial charge on any atom is 0.263 e. The van der Waals surface area contributed by atoms with E-state index in [2.05, 4.69) is 9.82 Å². The molecule has 1 aromatic carbocycles. The highest BCUT2D eigenvalue weighted by atomic mass is 32.2. The lowest BCUT2D eigenvalue weighted by molar-refractivity contribution is 0.598. The molecule has 0 atom stereocenters. The van der Waals surface area contributed by atoms with Gasteiger partial charge in [0.2, 0.25) is 0 Å². The van der Waals surface area contributed by atoms with Crippen molar-refractivity contribution in [2.45, 2.75) is 11.4 Å². The van der Waals surface area contributed by atoms with Crippen molar-refractivity contribution in [3.63, 3.8) is 0 Å². The SMILES string of the molecule is O=S(=O)(Nc1ccnn1Cc1ccsc1)c1ccc(F)cc1. The van der Waals surface area contributed by atoms with Gasteiger partial charge in [-0.05, 0) is 46.7 Å². The van der Waals surface area contributed by atoms with Gasteiger partial charge >= 0.3 is 0 Å². The van der Waals surface area contributed by atoms with Crippen LogP contribution in [-0.4, -0.2) is 18.2 Å². The minimum Gasteiger partial charge on any atom is -0.264 e. The van der Waals surface area contributed by atoms with Crippen molar-refractivity contribution in [3.05, 3.63) is 64.7 Å². The fourth-order valence-corrected chi connectivity index (χ4v) is 3.63. The van der Waals surface area contributed by atoms with E-state index in [1.807, 2.05) is 16.8 Å². The van der Waals surface area contributed by atoms with Crippen molar-refractivity contribution in [2.24, 2.45) is 0 Å². The van der Waals surface area contributed by atoms with Gasteiger partial charge in [0, 0.05) is 6.07 Å². The molecule has 0 saturated heterocycles. The van der Waals surface area contributed by atoms with Gasteiger partial charge in [0.15, 0.2) is 0 Å². The summed E-state index contributed by atoms with van der Waals surface area (Å²) in [7, 11) is -3.78. The van der Waals surface area contributed by atoms with E-state index in [1.54, 1.807) is 22.1 Å². The Morgan fingerprint density at radius 2 is 1.95 bits per heavy atom. The van der Waals surface area contributed by atoms with Gasteiger partial charge in [-0.15, -0.1) is 0 Å². The minimum absolute atomic E-state index is 0.00261. The zero-order valence-corrected chi connectivity index (χ0v) is 12.9. The van der Waals surface area contributed by atoms with Crippen LogP contribution in [0.5, 0.6) is 0 Å². The second-order valence-electron chi connectivity index (χ2n) is 4.57. The van der Waals surface area contributed by atoms with E-state index >= 15 is 0 Å². The average molecular weight is 337 g/mol. The molecule has 0 aliphatic carbocycles. The molecule has 2 aromatic heterocycles. The molecular weight excluding hydrogens is 325 g/mol. The molecule has 22 heavy (non-hydrogen) atoms. The quantitative estimate of drug-likeness (QED) is 0.778. The third-order valence-corrected chi connectivity index (χ3v) is 5.09. The summed E-state index contributed by atoms with van der Waals surface area (Å²) >= 11 is 1.56. The fraction of sp³-hybridized carbons (Fsp3) is 0.0714. The van der Waals surface area contributed by atoms with Crippen LogP contribution in [0.3, 0.4) is 0 Å². The highest BCUT2D eigenvalue weighted by molar-refractivity contribution is 7.92. The highest BCUT2D eigenvalue weighted by Gasteiger charge is 2.16. The Kier molecular flexibility index (Phi) is 3.95. The third-order valence-electron chi connectivity index (χ3n) is 2.99. The summed E-state index contributed by atoms with van der Waals surface area (Å²) in [4.78, 5) is -0.00261. The Hall–Kier alpha value is -2.19. The average Bonchev–Trinajstić information content (AvgIpc) is 3.12. The van der Waals surface area contributed by atoms with Gasteiger partial charge in [0.1, 0.15) is 11.6 Å². The zero-order valence-electron chi connectivity index (χ0n) is 11.3. The molecule has 0 aliphatic heterocycles. The summed E-state index contributed by atoms with van der Waals surface area (Å²) in [5, 5.41) is 8.04. The molecule has 3 rings (SSSR count). The third kappa shape index (κ3) is 3.18. The van der Waals surface area contributed by atoms with Crippen molar-refractivity contribution in [1.82, 2.24) is 9.78 Å². The van der Waals surface area contributed by atoms with Crippen molar-refractivity contribution in [2.75, 3.05) is 4.72 Å². The van der Waals surface area contributed by atoms with Crippen LogP contribution in [0.15, 0.2) is 58.3 Å². The summed E-state index contributed by atoms with van der Waals surface area (Å²) < 4.78 is 41.5. The molecule has 0 aliphatic rings. The Morgan fingerprint density at radius 3 is 2.64 bits per heavy atom. The van der Waals surface area contributed by atoms with Crippen molar-refractivity contribution >= 4 is 27.2 Å². The van der Waals surface area contributed by atoms with Gasteiger partial charge in [-0.1, -0.05) is 0 Å². The van der Waals surface area contributed by atoms with E-state index in [1.165, 1.54) is 18.3 Å². The number of aromatic nitrogens is 2. The summed E-state index contributed by atoms with van der Waals surface area (Å²) in [6.45, 7) is 0.470. The van der Waals surface area contributed by atoms with Crippen LogP contribution in [-0.2, 0) is 16.6 Å². The first kappa shape index (κ1) is 14.7. The van der Waals surface area contributed by atoms with Gasteiger partial charge in [0.25, 0.3) is 10.0 Å². The van der Waals surface area contributed by atoms with E-state index in [0.717, 1.165) is 17.7 Å². The molecule has 0 fully saturated rings. The Morgan fingerprint density at radius 1 is 1.18 bits per heavy atom. The first-order valence-electron chi connectivity index (χ1n) is 6.36. The van der Waals surface area contributed by atoms with E-state index in [4.69, 9.17) is 0 Å². The molecule has 0 bridgehead atoms. The van der Waals surface area contributed by atoms with Gasteiger partial charge in [0.05, 0.1) is 17.6 Å².